The summed E-state index contributed by atoms with van der Waals surface area (Å²) in [5.74, 6) is 0. The molecule has 6 heterocycles. The number of nitrogens with one attached hydrogen (secondary N) is 2. The highest BCUT2D eigenvalue weighted by Crippen LogP contribution is 2.33. The predicted molar refractivity (Wildman–Crippen MR) is 114 cm³/mol. The molecule has 0 fully saturated rings. The number of fused-ring (bicyclic) bond motifs is 2. The second kappa shape index (κ2) is 6.28. The molecule has 8 nitrogen and oxygen atoms in total. The van der Waals surface area contributed by atoms with Gasteiger partial charge in [-0.25, -0.2) is 0 Å². The highest BCUT2D eigenvalue weighted by molar-refractivity contribution is 6.00. The molecule has 0 aliphatic heterocycles. The molecule has 0 aliphatic rings. The maximum Gasteiger partial charge on any atom is 0.116 e. The van der Waals surface area contributed by atoms with Gasteiger partial charge in [0.25, 0.3) is 0 Å². The summed E-state index contributed by atoms with van der Waals surface area (Å²) < 4.78 is 5.23. The van der Waals surface area contributed by atoms with Gasteiger partial charge in [-0.3, -0.25) is 20.1 Å². The number of nitrogen functional groups attached to an aromatic ring is 1. The van der Waals surface area contributed by atoms with Crippen molar-refractivity contribution < 1.29 is 4.42 Å². The first-order chi connectivity index (χ1) is 14.8. The van der Waals surface area contributed by atoms with Crippen LogP contribution >= 0.6 is 0 Å². The highest BCUT2D eigenvalue weighted by atomic mass is 16.3. The van der Waals surface area contributed by atoms with E-state index in [-0.39, 0.29) is 0 Å². The molecule has 6 aromatic heterocycles. The first kappa shape index (κ1) is 16.5. The van der Waals surface area contributed by atoms with Gasteiger partial charge in [-0.05, 0) is 30.3 Å². The van der Waals surface area contributed by atoms with Crippen molar-refractivity contribution in [2.45, 2.75) is 0 Å². The van der Waals surface area contributed by atoms with E-state index in [1.807, 2.05) is 24.3 Å². The van der Waals surface area contributed by atoms with E-state index >= 15 is 0 Å². The molecule has 0 radical (unpaired) electrons. The van der Waals surface area contributed by atoms with Crippen LogP contribution in [-0.4, -0.2) is 30.1 Å². The lowest BCUT2D eigenvalue weighted by Crippen LogP contribution is -1.89. The summed E-state index contributed by atoms with van der Waals surface area (Å²) in [4.78, 5) is 16.7. The first-order valence-corrected chi connectivity index (χ1v) is 9.32. The zero-order valence-corrected chi connectivity index (χ0v) is 15.6. The number of H-pyrrole nitrogens is 2. The number of nitrogens with zero attached hydrogens (tertiary/aromatic N) is 4. The Kier molecular flexibility index (Phi) is 3.45. The average Bonchev–Trinajstić information content (AvgIpc) is 3.51. The molecule has 30 heavy (non-hydrogen) atoms. The summed E-state index contributed by atoms with van der Waals surface area (Å²) in [6, 6.07) is 9.75. The summed E-state index contributed by atoms with van der Waals surface area (Å²) in [5, 5.41) is 9.54. The van der Waals surface area contributed by atoms with Crippen molar-refractivity contribution in [1.82, 2.24) is 30.1 Å². The Morgan fingerprint density at radius 2 is 1.80 bits per heavy atom. The van der Waals surface area contributed by atoms with Crippen molar-refractivity contribution in [3.63, 3.8) is 0 Å². The van der Waals surface area contributed by atoms with E-state index < -0.39 is 0 Å². The molecule has 0 bridgehead atoms. The van der Waals surface area contributed by atoms with Crippen molar-refractivity contribution >= 4 is 27.5 Å². The van der Waals surface area contributed by atoms with E-state index in [0.717, 1.165) is 55.7 Å². The molecule has 0 atom stereocenters. The Labute approximate surface area is 169 Å². The van der Waals surface area contributed by atoms with Crippen LogP contribution in [0.3, 0.4) is 0 Å². The van der Waals surface area contributed by atoms with Gasteiger partial charge in [-0.2, -0.15) is 5.10 Å². The number of furan rings is 1. The molecule has 0 aliphatic carbocycles. The van der Waals surface area contributed by atoms with E-state index in [0.29, 0.717) is 5.69 Å². The summed E-state index contributed by atoms with van der Waals surface area (Å²) in [6.45, 7) is 0. The van der Waals surface area contributed by atoms with Crippen LogP contribution in [0.5, 0.6) is 0 Å². The third kappa shape index (κ3) is 2.55. The third-order valence-electron chi connectivity index (χ3n) is 5.10. The van der Waals surface area contributed by atoms with Crippen LogP contribution in [0.2, 0.25) is 0 Å². The SMILES string of the molecule is Nc1cncc(-c2cc3c(-c4cc5c(-c6ccoc6)nccc5[nH]4)n[nH]c3cn2)c1. The summed E-state index contributed by atoms with van der Waals surface area (Å²) in [7, 11) is 0. The van der Waals surface area contributed by atoms with Gasteiger partial charge in [-0.15, -0.1) is 0 Å². The van der Waals surface area contributed by atoms with Crippen LogP contribution in [0.15, 0.2) is 72.1 Å². The molecule has 6 aromatic rings. The topological polar surface area (TPSA) is 122 Å². The number of rotatable bonds is 3. The standard InChI is InChI=1S/C22H15N7O/c23-14-5-13(8-24-9-14)18-6-16-20(10-26-18)28-29-22(16)19-7-15-17(27-19)1-3-25-21(15)12-2-4-30-11-12/h1-11,27H,23H2,(H,28,29). The summed E-state index contributed by atoms with van der Waals surface area (Å²) in [5.41, 5.74) is 13.4. The zero-order chi connectivity index (χ0) is 20.1. The Hall–Kier alpha value is -4.46. The van der Waals surface area contributed by atoms with Crippen LogP contribution in [0.25, 0.3) is 55.7 Å². The number of hydrogen-bond acceptors (Lipinski definition) is 6. The van der Waals surface area contributed by atoms with E-state index in [1.165, 1.54) is 0 Å². The van der Waals surface area contributed by atoms with Gasteiger partial charge in [0.05, 0.1) is 47.0 Å². The first-order valence-electron chi connectivity index (χ1n) is 9.32. The summed E-state index contributed by atoms with van der Waals surface area (Å²) in [6.07, 6.45) is 10.2. The lowest BCUT2D eigenvalue weighted by Gasteiger charge is -2.02. The average molecular weight is 393 g/mol. The van der Waals surface area contributed by atoms with Crippen LogP contribution in [-0.2, 0) is 0 Å². The maximum absolute atomic E-state index is 5.88. The fourth-order valence-electron chi connectivity index (χ4n) is 3.69. The molecule has 4 N–H and O–H groups in total. The number of anilines is 1. The molecule has 8 heteroatoms. The molecule has 0 saturated heterocycles. The van der Waals surface area contributed by atoms with E-state index in [4.69, 9.17) is 10.2 Å². The molecule has 0 amide bonds. The van der Waals surface area contributed by atoms with Gasteiger partial charge < -0.3 is 15.1 Å². The van der Waals surface area contributed by atoms with Gasteiger partial charge in [0, 0.05) is 46.0 Å². The molecule has 0 aromatic carbocycles. The molecule has 0 spiro atoms. The Balaban J connectivity index is 1.52. The Morgan fingerprint density at radius 1 is 0.867 bits per heavy atom. The minimum absolute atomic E-state index is 0.594. The minimum atomic E-state index is 0.594. The van der Waals surface area contributed by atoms with Crippen LogP contribution in [0.4, 0.5) is 5.69 Å². The highest BCUT2D eigenvalue weighted by Gasteiger charge is 2.15. The number of aromatic amines is 2. The Bertz CT molecular complexity index is 1510. The fraction of sp³-hybridized carbons (Fsp3) is 0. The van der Waals surface area contributed by atoms with Crippen molar-refractivity contribution in [3.05, 3.63) is 67.6 Å². The van der Waals surface area contributed by atoms with Crippen molar-refractivity contribution in [2.24, 2.45) is 0 Å². The van der Waals surface area contributed by atoms with Crippen LogP contribution in [0, 0.1) is 0 Å². The predicted octanol–water partition coefficient (Wildman–Crippen LogP) is 4.41. The van der Waals surface area contributed by atoms with Gasteiger partial charge >= 0.3 is 0 Å². The quantitative estimate of drug-likeness (QED) is 0.409. The fourth-order valence-corrected chi connectivity index (χ4v) is 3.69. The van der Waals surface area contributed by atoms with E-state index in [2.05, 4.69) is 36.2 Å². The van der Waals surface area contributed by atoms with Gasteiger partial charge in [0.15, 0.2) is 0 Å². The van der Waals surface area contributed by atoms with Crippen molar-refractivity contribution in [2.75, 3.05) is 5.73 Å². The minimum Gasteiger partial charge on any atom is -0.472 e. The van der Waals surface area contributed by atoms with Crippen molar-refractivity contribution in [1.29, 1.82) is 0 Å². The molecular formula is C22H15N7O. The molecule has 0 saturated carbocycles. The van der Waals surface area contributed by atoms with Crippen LogP contribution < -0.4 is 5.73 Å². The molecular weight excluding hydrogens is 378 g/mol. The van der Waals surface area contributed by atoms with Gasteiger partial charge in [-0.1, -0.05) is 0 Å². The molecule has 0 unspecified atom stereocenters. The van der Waals surface area contributed by atoms with Crippen molar-refractivity contribution in [3.8, 4) is 33.9 Å². The van der Waals surface area contributed by atoms with Crippen LogP contribution in [0.1, 0.15) is 0 Å². The van der Waals surface area contributed by atoms with E-state index in [9.17, 15) is 0 Å². The second-order valence-corrected chi connectivity index (χ2v) is 7.01. The largest absolute Gasteiger partial charge is 0.472 e. The Morgan fingerprint density at radius 3 is 2.67 bits per heavy atom. The lowest BCUT2D eigenvalue weighted by atomic mass is 10.1. The number of hydrogen-bond donors (Lipinski definition) is 3. The maximum atomic E-state index is 5.88. The smallest absolute Gasteiger partial charge is 0.116 e. The number of aromatic nitrogens is 6. The summed E-state index contributed by atoms with van der Waals surface area (Å²) >= 11 is 0. The van der Waals surface area contributed by atoms with Gasteiger partial charge in [0.2, 0.25) is 0 Å². The zero-order valence-electron chi connectivity index (χ0n) is 15.6. The number of nitrogens with two attached hydrogens (primary N) is 1. The number of pyridine rings is 3. The second-order valence-electron chi connectivity index (χ2n) is 7.01. The van der Waals surface area contributed by atoms with E-state index in [1.54, 1.807) is 37.3 Å². The molecule has 6 rings (SSSR count). The normalized spacial score (nSPS) is 11.5. The monoisotopic (exact) mass is 393 g/mol. The van der Waals surface area contributed by atoms with Gasteiger partial charge in [0.1, 0.15) is 5.69 Å². The lowest BCUT2D eigenvalue weighted by molar-refractivity contribution is 0.568. The molecule has 144 valence electrons. The third-order valence-corrected chi connectivity index (χ3v) is 5.10.